The third kappa shape index (κ3) is 5.52. The van der Waals surface area contributed by atoms with Crippen LogP contribution in [-0.2, 0) is 22.5 Å². The second-order valence-corrected chi connectivity index (χ2v) is 7.26. The molecule has 4 rings (SSSR count). The Hall–Kier alpha value is -3.03. The summed E-state index contributed by atoms with van der Waals surface area (Å²) in [4.78, 5) is 18.8. The highest BCUT2D eigenvalue weighted by molar-refractivity contribution is 5.90. The molecular weight excluding hydrogens is 385 g/mol. The molecule has 1 aromatic heterocycles. The van der Waals surface area contributed by atoms with Crippen LogP contribution in [-0.4, -0.2) is 42.1 Å². The molecule has 3 aromatic rings. The lowest BCUT2D eigenvalue weighted by Gasteiger charge is -2.26. The van der Waals surface area contributed by atoms with E-state index < -0.39 is 0 Å². The van der Waals surface area contributed by atoms with Gasteiger partial charge in [-0.05, 0) is 42.0 Å². The molecule has 1 saturated heterocycles. The quantitative estimate of drug-likeness (QED) is 0.641. The Labute approximate surface area is 174 Å². The van der Waals surface area contributed by atoms with Crippen molar-refractivity contribution >= 4 is 11.6 Å². The van der Waals surface area contributed by atoms with Crippen molar-refractivity contribution in [2.24, 2.45) is 0 Å². The molecule has 2 heterocycles. The number of carbonyl (C=O) groups is 1. The summed E-state index contributed by atoms with van der Waals surface area (Å²) in [5.41, 5.74) is 2.73. The van der Waals surface area contributed by atoms with Crippen molar-refractivity contribution in [1.82, 2.24) is 9.88 Å². The van der Waals surface area contributed by atoms with Gasteiger partial charge in [-0.25, -0.2) is 9.37 Å². The highest BCUT2D eigenvalue weighted by atomic mass is 19.1. The van der Waals surface area contributed by atoms with Crippen LogP contribution in [0, 0.1) is 5.82 Å². The summed E-state index contributed by atoms with van der Waals surface area (Å²) in [7, 11) is 0. The highest BCUT2D eigenvalue weighted by Crippen LogP contribution is 2.21. The minimum atomic E-state index is -0.302. The van der Waals surface area contributed by atoms with Crippen LogP contribution in [0.1, 0.15) is 17.9 Å². The van der Waals surface area contributed by atoms with Gasteiger partial charge in [0.15, 0.2) is 11.7 Å². The van der Waals surface area contributed by atoms with Gasteiger partial charge in [0.25, 0.3) is 0 Å². The number of nitrogens with zero attached hydrogens (tertiary/aromatic N) is 2. The predicted octanol–water partition coefficient (Wildman–Crippen LogP) is 3.88. The van der Waals surface area contributed by atoms with Gasteiger partial charge in [-0.2, -0.15) is 0 Å². The maximum Gasteiger partial charge on any atom is 0.224 e. The number of halogens is 1. The maximum atomic E-state index is 13.0. The molecular formula is C23H24FN3O3. The normalized spacial score (nSPS) is 14.6. The van der Waals surface area contributed by atoms with E-state index in [0.29, 0.717) is 18.1 Å². The molecule has 1 aliphatic heterocycles. The first-order valence-corrected chi connectivity index (χ1v) is 10.1. The Kier molecular flexibility index (Phi) is 6.51. The van der Waals surface area contributed by atoms with Crippen LogP contribution in [0.25, 0.3) is 11.3 Å². The Bertz CT molecular complexity index is 964. The second kappa shape index (κ2) is 9.65. The van der Waals surface area contributed by atoms with Gasteiger partial charge in [0, 0.05) is 43.7 Å². The first kappa shape index (κ1) is 20.3. The number of anilines is 1. The smallest absolute Gasteiger partial charge is 0.224 e. The number of hydrogen-bond acceptors (Lipinski definition) is 5. The van der Waals surface area contributed by atoms with E-state index in [0.717, 1.165) is 44.1 Å². The first-order valence-electron chi connectivity index (χ1n) is 10.1. The predicted molar refractivity (Wildman–Crippen MR) is 111 cm³/mol. The average molecular weight is 409 g/mol. The number of hydrogen-bond donors (Lipinski definition) is 1. The largest absolute Gasteiger partial charge is 0.441 e. The van der Waals surface area contributed by atoms with Crippen LogP contribution in [0.3, 0.4) is 0 Å². The Morgan fingerprint density at radius 1 is 1.07 bits per heavy atom. The number of amides is 1. The summed E-state index contributed by atoms with van der Waals surface area (Å²) in [5.74, 6) is 0.633. The molecule has 1 N–H and O–H groups in total. The number of oxazole rings is 1. The zero-order valence-electron chi connectivity index (χ0n) is 16.6. The summed E-state index contributed by atoms with van der Waals surface area (Å²) in [5, 5.41) is 2.90. The molecule has 2 aromatic carbocycles. The van der Waals surface area contributed by atoms with Gasteiger partial charge in [0.1, 0.15) is 5.82 Å². The van der Waals surface area contributed by atoms with Crippen molar-refractivity contribution in [3.8, 4) is 11.3 Å². The minimum absolute atomic E-state index is 0.0996. The standard InChI is InChI=1S/C23H24FN3O3/c24-19-5-3-18(4-6-19)21-15-25-23(30-21)10-9-22(28)26-20-7-1-17(2-8-20)16-27-11-13-29-14-12-27/h1-8,15H,9-14,16H2,(H,26,28). The van der Waals surface area contributed by atoms with Crippen molar-refractivity contribution in [3.63, 3.8) is 0 Å². The van der Waals surface area contributed by atoms with Gasteiger partial charge in [-0.1, -0.05) is 12.1 Å². The van der Waals surface area contributed by atoms with E-state index >= 15 is 0 Å². The fourth-order valence-corrected chi connectivity index (χ4v) is 3.33. The number of ether oxygens (including phenoxy) is 1. The molecule has 0 radical (unpaired) electrons. The highest BCUT2D eigenvalue weighted by Gasteiger charge is 2.12. The maximum absolute atomic E-state index is 13.0. The summed E-state index contributed by atoms with van der Waals surface area (Å²) in [6.45, 7) is 4.34. The van der Waals surface area contributed by atoms with Crippen molar-refractivity contribution in [2.45, 2.75) is 19.4 Å². The Morgan fingerprint density at radius 3 is 2.53 bits per heavy atom. The fourth-order valence-electron chi connectivity index (χ4n) is 3.33. The van der Waals surface area contributed by atoms with Crippen molar-refractivity contribution in [2.75, 3.05) is 31.6 Å². The number of nitrogens with one attached hydrogen (secondary N) is 1. The van der Waals surface area contributed by atoms with Crippen LogP contribution >= 0.6 is 0 Å². The van der Waals surface area contributed by atoms with Gasteiger partial charge < -0.3 is 14.5 Å². The lowest BCUT2D eigenvalue weighted by Crippen LogP contribution is -2.35. The summed E-state index contributed by atoms with van der Waals surface area (Å²) >= 11 is 0. The zero-order valence-corrected chi connectivity index (χ0v) is 16.6. The number of morpholine rings is 1. The number of aromatic nitrogens is 1. The van der Waals surface area contributed by atoms with E-state index in [4.69, 9.17) is 9.15 Å². The molecule has 0 saturated carbocycles. The third-order valence-electron chi connectivity index (χ3n) is 5.00. The van der Waals surface area contributed by atoms with E-state index in [1.165, 1.54) is 17.7 Å². The van der Waals surface area contributed by atoms with Gasteiger partial charge in [-0.3, -0.25) is 9.69 Å². The van der Waals surface area contributed by atoms with Gasteiger partial charge in [0.2, 0.25) is 5.91 Å². The zero-order chi connectivity index (χ0) is 20.8. The lowest BCUT2D eigenvalue weighted by molar-refractivity contribution is -0.116. The third-order valence-corrected chi connectivity index (χ3v) is 5.00. The Morgan fingerprint density at radius 2 is 1.80 bits per heavy atom. The molecule has 0 unspecified atom stereocenters. The number of aryl methyl sites for hydroxylation is 1. The molecule has 156 valence electrons. The van der Waals surface area contributed by atoms with E-state index in [9.17, 15) is 9.18 Å². The topological polar surface area (TPSA) is 67.6 Å². The minimum Gasteiger partial charge on any atom is -0.441 e. The summed E-state index contributed by atoms with van der Waals surface area (Å²) in [6.07, 6.45) is 2.24. The second-order valence-electron chi connectivity index (χ2n) is 7.26. The number of rotatable bonds is 7. The molecule has 6 nitrogen and oxygen atoms in total. The van der Waals surface area contributed by atoms with Gasteiger partial charge in [-0.15, -0.1) is 0 Å². The van der Waals surface area contributed by atoms with Crippen LogP contribution in [0.4, 0.5) is 10.1 Å². The average Bonchev–Trinajstić information content (AvgIpc) is 3.24. The molecule has 0 aliphatic carbocycles. The van der Waals surface area contributed by atoms with E-state index in [2.05, 4.69) is 15.2 Å². The molecule has 1 fully saturated rings. The molecule has 0 spiro atoms. The molecule has 1 aliphatic rings. The van der Waals surface area contributed by atoms with Crippen LogP contribution < -0.4 is 5.32 Å². The van der Waals surface area contributed by atoms with E-state index in [1.807, 2.05) is 24.3 Å². The van der Waals surface area contributed by atoms with Gasteiger partial charge in [0.05, 0.1) is 19.4 Å². The fraction of sp³-hybridized carbons (Fsp3) is 0.304. The van der Waals surface area contributed by atoms with Crippen LogP contribution in [0.2, 0.25) is 0 Å². The SMILES string of the molecule is O=C(CCc1ncc(-c2ccc(F)cc2)o1)Nc1ccc(CN2CCOCC2)cc1. The summed E-state index contributed by atoms with van der Waals surface area (Å²) in [6, 6.07) is 13.9. The van der Waals surface area contributed by atoms with Crippen LogP contribution in [0.5, 0.6) is 0 Å². The molecule has 0 bridgehead atoms. The van der Waals surface area contributed by atoms with Crippen molar-refractivity contribution < 1.29 is 18.3 Å². The monoisotopic (exact) mass is 409 g/mol. The molecule has 30 heavy (non-hydrogen) atoms. The first-order chi connectivity index (χ1) is 14.7. The molecule has 7 heteroatoms. The van der Waals surface area contributed by atoms with Crippen molar-refractivity contribution in [1.29, 1.82) is 0 Å². The molecule has 0 atom stereocenters. The van der Waals surface area contributed by atoms with E-state index in [-0.39, 0.29) is 18.1 Å². The summed E-state index contributed by atoms with van der Waals surface area (Å²) < 4.78 is 24.1. The van der Waals surface area contributed by atoms with Crippen molar-refractivity contribution in [3.05, 3.63) is 72.0 Å². The lowest BCUT2D eigenvalue weighted by atomic mass is 10.2. The number of benzene rings is 2. The number of carbonyl (C=O) groups excluding carboxylic acids is 1. The van der Waals surface area contributed by atoms with Crippen LogP contribution in [0.15, 0.2) is 59.1 Å². The Balaban J connectivity index is 1.25. The van der Waals surface area contributed by atoms with E-state index in [1.54, 1.807) is 18.3 Å². The molecule has 1 amide bonds. The van der Waals surface area contributed by atoms with Gasteiger partial charge >= 0.3 is 0 Å².